The van der Waals surface area contributed by atoms with Crippen LogP contribution < -0.4 is 10.1 Å². The number of alkyl halides is 1. The van der Waals surface area contributed by atoms with Gasteiger partial charge in [0.1, 0.15) is 55.9 Å². The van der Waals surface area contributed by atoms with Gasteiger partial charge in [0, 0.05) is 17.2 Å². The molecule has 1 heterocycles. The molecule has 1 saturated heterocycles. The number of rotatable bonds is 7. The first kappa shape index (κ1) is 24.0. The van der Waals surface area contributed by atoms with E-state index in [0.717, 1.165) is 31.1 Å². The molecule has 0 spiro atoms. The lowest BCUT2D eigenvalue weighted by atomic mass is 9.83. The number of benzene rings is 1. The van der Waals surface area contributed by atoms with Crippen LogP contribution in [0.5, 0.6) is 5.75 Å². The summed E-state index contributed by atoms with van der Waals surface area (Å²) in [4.78, 5) is 12.6. The highest BCUT2D eigenvalue weighted by Gasteiger charge is 2.53. The van der Waals surface area contributed by atoms with Gasteiger partial charge in [0.05, 0.1) is 6.04 Å². The molecule has 0 unspecified atom stereocenters. The maximum Gasteiger partial charge on any atom is 0.247 e. The van der Waals surface area contributed by atoms with Crippen LogP contribution in [0.1, 0.15) is 25.3 Å². The van der Waals surface area contributed by atoms with E-state index in [1.165, 1.54) is 6.92 Å². The van der Waals surface area contributed by atoms with Crippen molar-refractivity contribution < 1.29 is 47.5 Å². The SMILES string of the molecule is C/C(=C\c1cc(F)c(OC[C@H](F)C2CC2)cc1F)C(=O)N[C@@H]1[C@H](O)[C@@H](O)[C@H]2OCO[C@H]2[C@@H]1O. The van der Waals surface area contributed by atoms with E-state index in [4.69, 9.17) is 14.2 Å². The fourth-order valence-electron chi connectivity index (χ4n) is 4.05. The maximum atomic E-state index is 14.5. The predicted molar refractivity (Wildman–Crippen MR) is 108 cm³/mol. The van der Waals surface area contributed by atoms with Crippen molar-refractivity contribution in [2.45, 2.75) is 62.5 Å². The lowest BCUT2D eigenvalue weighted by Gasteiger charge is -2.41. The molecular formula is C22H26F3NO7. The first-order chi connectivity index (χ1) is 15.7. The van der Waals surface area contributed by atoms with E-state index in [0.29, 0.717) is 0 Å². The molecule has 33 heavy (non-hydrogen) atoms. The Balaban J connectivity index is 1.43. The Morgan fingerprint density at radius 2 is 1.82 bits per heavy atom. The first-order valence-electron chi connectivity index (χ1n) is 10.7. The Morgan fingerprint density at radius 1 is 1.15 bits per heavy atom. The topological polar surface area (TPSA) is 117 Å². The number of halogens is 3. The number of ether oxygens (including phenoxy) is 3. The summed E-state index contributed by atoms with van der Waals surface area (Å²) in [6.07, 6.45) is -4.85. The van der Waals surface area contributed by atoms with Gasteiger partial charge in [0.15, 0.2) is 11.6 Å². The molecule has 8 nitrogen and oxygen atoms in total. The van der Waals surface area contributed by atoms with Crippen molar-refractivity contribution in [3.05, 3.63) is 34.9 Å². The van der Waals surface area contributed by atoms with Gasteiger partial charge in [-0.2, -0.15) is 0 Å². The Bertz CT molecular complexity index is 925. The summed E-state index contributed by atoms with van der Waals surface area (Å²) in [7, 11) is 0. The van der Waals surface area contributed by atoms with E-state index >= 15 is 0 Å². The molecule has 4 rings (SSSR count). The van der Waals surface area contributed by atoms with Crippen LogP contribution in [0, 0.1) is 17.6 Å². The van der Waals surface area contributed by atoms with Gasteiger partial charge in [-0.15, -0.1) is 0 Å². The molecule has 1 amide bonds. The largest absolute Gasteiger partial charge is 0.487 e. The number of aliphatic hydroxyl groups excluding tert-OH is 3. The summed E-state index contributed by atoms with van der Waals surface area (Å²) in [6, 6.07) is 0.333. The van der Waals surface area contributed by atoms with Crippen molar-refractivity contribution in [1.82, 2.24) is 5.32 Å². The van der Waals surface area contributed by atoms with Crippen molar-refractivity contribution in [2.75, 3.05) is 13.4 Å². The highest BCUT2D eigenvalue weighted by molar-refractivity contribution is 5.97. The van der Waals surface area contributed by atoms with Crippen molar-refractivity contribution in [3.63, 3.8) is 0 Å². The van der Waals surface area contributed by atoms with Crippen LogP contribution in [0.2, 0.25) is 0 Å². The number of carbonyl (C=O) groups is 1. The minimum atomic E-state index is -1.54. The quantitative estimate of drug-likeness (QED) is 0.433. The highest BCUT2D eigenvalue weighted by Crippen LogP contribution is 2.35. The first-order valence-corrected chi connectivity index (χ1v) is 10.7. The van der Waals surface area contributed by atoms with E-state index in [-0.39, 0.29) is 30.5 Å². The Morgan fingerprint density at radius 3 is 2.48 bits per heavy atom. The second-order valence-corrected chi connectivity index (χ2v) is 8.65. The minimum Gasteiger partial charge on any atom is -0.487 e. The Hall–Kier alpha value is -2.18. The monoisotopic (exact) mass is 473 g/mol. The van der Waals surface area contributed by atoms with E-state index in [1.807, 2.05) is 0 Å². The lowest BCUT2D eigenvalue weighted by molar-refractivity contribution is -0.155. The third-order valence-electron chi connectivity index (χ3n) is 6.21. The zero-order valence-corrected chi connectivity index (χ0v) is 17.8. The van der Waals surface area contributed by atoms with Gasteiger partial charge < -0.3 is 34.8 Å². The van der Waals surface area contributed by atoms with Crippen molar-refractivity contribution in [2.24, 2.45) is 5.92 Å². The number of hydrogen-bond acceptors (Lipinski definition) is 7. The highest BCUT2D eigenvalue weighted by atomic mass is 19.1. The van der Waals surface area contributed by atoms with Gasteiger partial charge in [0.25, 0.3) is 0 Å². The molecule has 1 aromatic rings. The molecule has 1 aromatic carbocycles. The molecule has 0 aromatic heterocycles. The van der Waals surface area contributed by atoms with Gasteiger partial charge in [-0.1, -0.05) is 0 Å². The standard InChI is InChI=1S/C22H26F3NO7/c1-9(22(30)26-16-17(27)19(29)21-20(18(16)28)32-8-33-21)4-11-5-13(24)15(6-12(11)23)31-7-14(25)10-2-3-10/h4-6,10,14,16-21,27-29H,2-3,7-8H2,1H3,(H,26,30)/b9-4+/t14-,16+,17-,18+,19+,20-,21+/m0/s1. The summed E-state index contributed by atoms with van der Waals surface area (Å²) in [5.74, 6) is -3.10. The van der Waals surface area contributed by atoms with Crippen LogP contribution in [0.3, 0.4) is 0 Å². The molecule has 4 N–H and O–H groups in total. The number of nitrogens with one attached hydrogen (secondary N) is 1. The zero-order chi connectivity index (χ0) is 23.9. The van der Waals surface area contributed by atoms with Gasteiger partial charge in [-0.3, -0.25) is 4.79 Å². The molecule has 11 heteroatoms. The smallest absolute Gasteiger partial charge is 0.247 e. The number of aliphatic hydroxyl groups is 3. The molecule has 0 bridgehead atoms. The molecule has 1 aliphatic heterocycles. The van der Waals surface area contributed by atoms with Crippen LogP contribution in [0.4, 0.5) is 13.2 Å². The Labute approximate surface area is 187 Å². The van der Waals surface area contributed by atoms with Gasteiger partial charge >= 0.3 is 0 Å². The number of hydrogen-bond donors (Lipinski definition) is 4. The molecule has 7 atom stereocenters. The summed E-state index contributed by atoms with van der Waals surface area (Å²) >= 11 is 0. The molecule has 2 saturated carbocycles. The number of carbonyl (C=O) groups excluding carboxylic acids is 1. The fourth-order valence-corrected chi connectivity index (χ4v) is 4.05. The maximum absolute atomic E-state index is 14.5. The van der Waals surface area contributed by atoms with Crippen LogP contribution in [-0.4, -0.2) is 77.4 Å². The zero-order valence-electron chi connectivity index (χ0n) is 17.8. The van der Waals surface area contributed by atoms with Gasteiger partial charge in [-0.05, 0) is 37.8 Å². The third-order valence-corrected chi connectivity index (χ3v) is 6.21. The number of amides is 1. The molecule has 3 aliphatic rings. The number of fused-ring (bicyclic) bond motifs is 1. The van der Waals surface area contributed by atoms with Crippen molar-refractivity contribution in [3.8, 4) is 5.75 Å². The Kier molecular flexibility index (Phi) is 6.96. The molecule has 182 valence electrons. The van der Waals surface area contributed by atoms with Crippen LogP contribution in [0.15, 0.2) is 17.7 Å². The summed E-state index contributed by atoms with van der Waals surface area (Å²) in [6.45, 7) is 0.787. The fraction of sp³-hybridized carbons (Fsp3) is 0.591. The molecule has 0 radical (unpaired) electrons. The predicted octanol–water partition coefficient (Wildman–Crippen LogP) is 0.818. The second-order valence-electron chi connectivity index (χ2n) is 8.65. The third kappa shape index (κ3) is 5.02. The summed E-state index contributed by atoms with van der Waals surface area (Å²) in [5, 5.41) is 33.3. The molecule has 3 fully saturated rings. The molecular weight excluding hydrogens is 447 g/mol. The van der Waals surface area contributed by atoms with Gasteiger partial charge in [-0.25, -0.2) is 13.2 Å². The summed E-state index contributed by atoms with van der Waals surface area (Å²) < 4.78 is 57.9. The van der Waals surface area contributed by atoms with E-state index < -0.39 is 66.0 Å². The normalized spacial score (nSPS) is 32.9. The van der Waals surface area contributed by atoms with Gasteiger partial charge in [0.2, 0.25) is 5.91 Å². The average Bonchev–Trinajstić information content (AvgIpc) is 3.52. The van der Waals surface area contributed by atoms with Crippen molar-refractivity contribution >= 4 is 12.0 Å². The van der Waals surface area contributed by atoms with E-state index in [1.54, 1.807) is 0 Å². The molecule has 2 aliphatic carbocycles. The lowest BCUT2D eigenvalue weighted by Crippen LogP contribution is -2.67. The van der Waals surface area contributed by atoms with Crippen LogP contribution >= 0.6 is 0 Å². The van der Waals surface area contributed by atoms with Crippen LogP contribution in [-0.2, 0) is 14.3 Å². The van der Waals surface area contributed by atoms with Crippen molar-refractivity contribution in [1.29, 1.82) is 0 Å². The summed E-state index contributed by atoms with van der Waals surface area (Å²) in [5.41, 5.74) is -0.303. The van der Waals surface area contributed by atoms with E-state index in [9.17, 15) is 33.3 Å². The van der Waals surface area contributed by atoms with E-state index in [2.05, 4.69) is 5.32 Å². The minimum absolute atomic E-state index is 0.0564. The second kappa shape index (κ2) is 9.59. The average molecular weight is 473 g/mol. The van der Waals surface area contributed by atoms with Crippen LogP contribution in [0.25, 0.3) is 6.08 Å².